The molecule has 0 saturated carbocycles. The molecule has 1 unspecified atom stereocenters. The summed E-state index contributed by atoms with van der Waals surface area (Å²) in [5.41, 5.74) is -0.405. The van der Waals surface area contributed by atoms with E-state index in [4.69, 9.17) is 4.74 Å². The van der Waals surface area contributed by atoms with Gasteiger partial charge < -0.3 is 15.0 Å². The van der Waals surface area contributed by atoms with Gasteiger partial charge in [-0.25, -0.2) is 13.6 Å². The summed E-state index contributed by atoms with van der Waals surface area (Å²) in [7, 11) is 0. The predicted octanol–water partition coefficient (Wildman–Crippen LogP) is 3.21. The number of hydrogen-bond acceptors (Lipinski definition) is 3. The molecule has 2 rings (SSSR count). The summed E-state index contributed by atoms with van der Waals surface area (Å²) >= 11 is 2.99. The van der Waals surface area contributed by atoms with E-state index in [2.05, 4.69) is 21.2 Å². The van der Waals surface area contributed by atoms with Crippen molar-refractivity contribution in [1.82, 2.24) is 5.32 Å². The minimum Gasteiger partial charge on any atom is -0.449 e. The molecule has 1 fully saturated rings. The van der Waals surface area contributed by atoms with Crippen LogP contribution < -0.4 is 10.2 Å². The van der Waals surface area contributed by atoms with Crippen molar-refractivity contribution in [3.63, 3.8) is 0 Å². The van der Waals surface area contributed by atoms with Gasteiger partial charge in [0.05, 0.1) is 6.61 Å². The number of rotatable bonds is 4. The zero-order valence-electron chi connectivity index (χ0n) is 12.7. The lowest BCUT2D eigenvalue weighted by atomic mass is 10.2. The van der Waals surface area contributed by atoms with Crippen LogP contribution in [0.2, 0.25) is 0 Å². The lowest BCUT2D eigenvalue weighted by molar-refractivity contribution is -0.118. The molecular weight excluding hydrogens is 374 g/mol. The van der Waals surface area contributed by atoms with E-state index in [1.165, 1.54) is 0 Å². The van der Waals surface area contributed by atoms with E-state index >= 15 is 0 Å². The molecule has 0 aliphatic carbocycles. The Morgan fingerprint density at radius 1 is 1.43 bits per heavy atom. The Bertz CT molecular complexity index is 602. The van der Waals surface area contributed by atoms with Gasteiger partial charge in [0.25, 0.3) is 0 Å². The second kappa shape index (κ2) is 7.25. The summed E-state index contributed by atoms with van der Waals surface area (Å²) in [6.07, 6.45) is -0.458. The Labute approximate surface area is 141 Å². The van der Waals surface area contributed by atoms with Crippen molar-refractivity contribution < 1.29 is 23.1 Å². The van der Waals surface area contributed by atoms with E-state index < -0.39 is 35.4 Å². The molecule has 2 amide bonds. The first-order valence-electron chi connectivity index (χ1n) is 7.18. The topological polar surface area (TPSA) is 58.6 Å². The molecule has 0 aromatic heterocycles. The number of ether oxygens (including phenoxy) is 1. The van der Waals surface area contributed by atoms with Crippen molar-refractivity contribution in [2.24, 2.45) is 5.92 Å². The van der Waals surface area contributed by atoms with Gasteiger partial charge in [-0.1, -0.05) is 29.8 Å². The third-order valence-electron chi connectivity index (χ3n) is 3.30. The van der Waals surface area contributed by atoms with Crippen molar-refractivity contribution in [1.29, 1.82) is 0 Å². The average Bonchev–Trinajstić information content (AvgIpc) is 2.77. The van der Waals surface area contributed by atoms with Crippen LogP contribution in [0.4, 0.5) is 19.3 Å². The smallest absolute Gasteiger partial charge is 0.407 e. The second-order valence-electron chi connectivity index (χ2n) is 5.69. The fourth-order valence-corrected chi connectivity index (χ4v) is 2.66. The summed E-state index contributed by atoms with van der Waals surface area (Å²) in [6, 6.07) is 1.32. The van der Waals surface area contributed by atoms with Gasteiger partial charge in [0, 0.05) is 11.0 Å². The number of carbonyl (C=O) groups is 2. The van der Waals surface area contributed by atoms with Gasteiger partial charge >= 0.3 is 6.09 Å². The number of amides is 2. The summed E-state index contributed by atoms with van der Waals surface area (Å²) in [5, 5.41) is 2.43. The maximum atomic E-state index is 14.0. The summed E-state index contributed by atoms with van der Waals surface area (Å²) in [6.45, 7) is 4.11. The number of carbonyl (C=O) groups excluding carboxylic acids is 2. The second-order valence-corrected chi connectivity index (χ2v) is 6.60. The monoisotopic (exact) mass is 390 g/mol. The maximum Gasteiger partial charge on any atom is 0.407 e. The molecule has 1 saturated heterocycles. The van der Waals surface area contributed by atoms with Crippen LogP contribution in [-0.4, -0.2) is 31.2 Å². The lowest BCUT2D eigenvalue weighted by Gasteiger charge is -2.19. The largest absolute Gasteiger partial charge is 0.449 e. The van der Waals surface area contributed by atoms with Crippen LogP contribution in [0.15, 0.2) is 16.6 Å². The molecule has 0 radical (unpaired) electrons. The molecule has 1 aliphatic rings. The Kier molecular flexibility index (Phi) is 5.56. The number of anilines is 1. The highest BCUT2D eigenvalue weighted by Crippen LogP contribution is 2.30. The third kappa shape index (κ3) is 4.19. The van der Waals surface area contributed by atoms with Crippen LogP contribution in [0.1, 0.15) is 20.3 Å². The van der Waals surface area contributed by atoms with Crippen LogP contribution in [-0.2, 0) is 9.53 Å². The SMILES string of the molecule is CC(C)COC(=O)NC1CCN(c2c(F)cc(Br)cc2F)C1=O. The molecule has 8 heteroatoms. The number of nitrogens with one attached hydrogen (secondary N) is 1. The zero-order valence-corrected chi connectivity index (χ0v) is 14.3. The summed E-state index contributed by atoms with van der Waals surface area (Å²) in [4.78, 5) is 24.9. The molecule has 0 spiro atoms. The van der Waals surface area contributed by atoms with E-state index in [1.807, 2.05) is 13.8 Å². The lowest BCUT2D eigenvalue weighted by Crippen LogP contribution is -2.42. The number of hydrogen-bond donors (Lipinski definition) is 1. The van der Waals surface area contributed by atoms with Crippen LogP contribution in [0, 0.1) is 17.6 Å². The highest BCUT2D eigenvalue weighted by Gasteiger charge is 2.36. The average molecular weight is 391 g/mol. The van der Waals surface area contributed by atoms with E-state index in [9.17, 15) is 18.4 Å². The molecular formula is C15H17BrF2N2O3. The zero-order chi connectivity index (χ0) is 17.1. The number of alkyl carbamates (subject to hydrolysis) is 1. The Balaban J connectivity index is 2.06. The number of halogens is 3. The summed E-state index contributed by atoms with van der Waals surface area (Å²) in [5.74, 6) is -2.07. The fraction of sp³-hybridized carbons (Fsp3) is 0.467. The highest BCUT2D eigenvalue weighted by atomic mass is 79.9. The highest BCUT2D eigenvalue weighted by molar-refractivity contribution is 9.10. The van der Waals surface area contributed by atoms with Crippen molar-refractivity contribution in [2.75, 3.05) is 18.1 Å². The fourth-order valence-electron chi connectivity index (χ4n) is 2.25. The van der Waals surface area contributed by atoms with Crippen molar-refractivity contribution >= 4 is 33.6 Å². The molecule has 1 aromatic carbocycles. The van der Waals surface area contributed by atoms with Gasteiger partial charge in [-0.3, -0.25) is 4.79 Å². The Hall–Kier alpha value is -1.70. The van der Waals surface area contributed by atoms with Crippen LogP contribution in [0.25, 0.3) is 0 Å². The molecule has 0 bridgehead atoms. The standard InChI is InChI=1S/C15H17BrF2N2O3/c1-8(2)7-23-15(22)19-12-3-4-20(14(12)21)13-10(17)5-9(16)6-11(13)18/h5-6,8,12H,3-4,7H2,1-2H3,(H,19,22). The molecule has 23 heavy (non-hydrogen) atoms. The van der Waals surface area contributed by atoms with E-state index in [0.29, 0.717) is 0 Å². The van der Waals surface area contributed by atoms with E-state index in [0.717, 1.165) is 17.0 Å². The molecule has 1 N–H and O–H groups in total. The molecule has 1 atom stereocenters. The number of benzene rings is 1. The van der Waals surface area contributed by atoms with Gasteiger partial charge in [-0.2, -0.15) is 0 Å². The van der Waals surface area contributed by atoms with Crippen LogP contribution >= 0.6 is 15.9 Å². The Morgan fingerprint density at radius 3 is 2.61 bits per heavy atom. The van der Waals surface area contributed by atoms with Gasteiger partial charge in [0.2, 0.25) is 5.91 Å². The van der Waals surface area contributed by atoms with Crippen molar-refractivity contribution in [2.45, 2.75) is 26.3 Å². The normalized spacial score (nSPS) is 17.7. The predicted molar refractivity (Wildman–Crippen MR) is 84.1 cm³/mol. The molecule has 126 valence electrons. The first-order chi connectivity index (χ1) is 10.8. The quantitative estimate of drug-likeness (QED) is 0.858. The van der Waals surface area contributed by atoms with Gasteiger partial charge in [-0.15, -0.1) is 0 Å². The van der Waals surface area contributed by atoms with Gasteiger partial charge in [-0.05, 0) is 24.5 Å². The first-order valence-corrected chi connectivity index (χ1v) is 7.98. The molecule has 1 aromatic rings. The van der Waals surface area contributed by atoms with Crippen molar-refractivity contribution in [3.05, 3.63) is 28.2 Å². The van der Waals surface area contributed by atoms with Crippen LogP contribution in [0.3, 0.4) is 0 Å². The van der Waals surface area contributed by atoms with Crippen molar-refractivity contribution in [3.8, 4) is 0 Å². The third-order valence-corrected chi connectivity index (χ3v) is 3.75. The number of nitrogens with zero attached hydrogens (tertiary/aromatic N) is 1. The maximum absolute atomic E-state index is 14.0. The first kappa shape index (κ1) is 17.7. The minimum absolute atomic E-state index is 0.115. The minimum atomic E-state index is -0.850. The van der Waals surface area contributed by atoms with E-state index in [1.54, 1.807) is 0 Å². The molecule has 1 aliphatic heterocycles. The van der Waals surface area contributed by atoms with Gasteiger partial charge in [0.1, 0.15) is 11.7 Å². The molecule has 1 heterocycles. The van der Waals surface area contributed by atoms with E-state index in [-0.39, 0.29) is 30.0 Å². The Morgan fingerprint density at radius 2 is 2.04 bits per heavy atom. The van der Waals surface area contributed by atoms with Gasteiger partial charge in [0.15, 0.2) is 11.6 Å². The molecule has 5 nitrogen and oxygen atoms in total. The van der Waals surface area contributed by atoms with Crippen LogP contribution in [0.5, 0.6) is 0 Å². The summed E-state index contributed by atoms with van der Waals surface area (Å²) < 4.78 is 33.1.